The van der Waals surface area contributed by atoms with Crippen molar-refractivity contribution in [3.8, 4) is 6.07 Å². The Kier molecular flexibility index (Phi) is 6.21. The number of hydrogen-bond donors (Lipinski definition) is 1. The number of amides is 2. The normalized spacial score (nSPS) is 9.76. The van der Waals surface area contributed by atoms with E-state index in [1.165, 1.54) is 9.80 Å². The fourth-order valence-electron chi connectivity index (χ4n) is 1.79. The minimum atomic E-state index is -0.959. The highest BCUT2D eigenvalue weighted by Gasteiger charge is 2.20. The number of carboxylic acids is 1. The molecule has 0 aliphatic heterocycles. The van der Waals surface area contributed by atoms with Crippen LogP contribution in [-0.4, -0.2) is 42.1 Å². The molecule has 21 heavy (non-hydrogen) atoms. The highest BCUT2D eigenvalue weighted by molar-refractivity contribution is 5.92. The van der Waals surface area contributed by atoms with Crippen LogP contribution in [0, 0.1) is 18.3 Å². The summed E-state index contributed by atoms with van der Waals surface area (Å²) in [5.74, 6) is -0.959. The summed E-state index contributed by atoms with van der Waals surface area (Å²) in [6.07, 6.45) is 0.106. The summed E-state index contributed by atoms with van der Waals surface area (Å²) in [4.78, 5) is 26.0. The van der Waals surface area contributed by atoms with Gasteiger partial charge in [-0.15, -0.1) is 0 Å². The van der Waals surface area contributed by atoms with Gasteiger partial charge in [-0.25, -0.2) is 4.79 Å². The molecule has 0 unspecified atom stereocenters. The van der Waals surface area contributed by atoms with E-state index in [1.54, 1.807) is 19.2 Å². The number of benzene rings is 1. The number of nitrogens with zero attached hydrogens (tertiary/aromatic N) is 3. The highest BCUT2D eigenvalue weighted by Crippen LogP contribution is 2.17. The second-order valence-corrected chi connectivity index (χ2v) is 4.74. The first-order valence-electron chi connectivity index (χ1n) is 6.63. The number of nitriles is 1. The molecule has 6 heteroatoms. The van der Waals surface area contributed by atoms with Gasteiger partial charge >= 0.3 is 12.0 Å². The zero-order chi connectivity index (χ0) is 15.8. The Morgan fingerprint density at radius 2 is 1.86 bits per heavy atom. The summed E-state index contributed by atoms with van der Waals surface area (Å²) >= 11 is 0. The summed E-state index contributed by atoms with van der Waals surface area (Å²) in [6, 6.07) is 8.98. The molecule has 0 bridgehead atoms. The van der Waals surface area contributed by atoms with Crippen LogP contribution in [0.5, 0.6) is 0 Å². The average Bonchev–Trinajstić information content (AvgIpc) is 2.46. The summed E-state index contributed by atoms with van der Waals surface area (Å²) in [5.41, 5.74) is 1.71. The highest BCUT2D eigenvalue weighted by atomic mass is 16.4. The molecule has 1 aromatic rings. The fourth-order valence-corrected chi connectivity index (χ4v) is 1.79. The van der Waals surface area contributed by atoms with E-state index >= 15 is 0 Å². The largest absolute Gasteiger partial charge is 0.481 e. The summed E-state index contributed by atoms with van der Waals surface area (Å²) in [5, 5.41) is 17.4. The van der Waals surface area contributed by atoms with Gasteiger partial charge in [-0.3, -0.25) is 9.69 Å². The molecule has 0 radical (unpaired) electrons. The lowest BCUT2D eigenvalue weighted by atomic mass is 10.2. The number of aliphatic carboxylic acids is 1. The van der Waals surface area contributed by atoms with Crippen LogP contribution in [0.4, 0.5) is 10.5 Å². The predicted molar refractivity (Wildman–Crippen MR) is 79.0 cm³/mol. The Bertz CT molecular complexity index is 534. The third-order valence-electron chi connectivity index (χ3n) is 3.01. The Balaban J connectivity index is 2.90. The van der Waals surface area contributed by atoms with Crippen molar-refractivity contribution in [1.82, 2.24) is 4.90 Å². The van der Waals surface area contributed by atoms with Gasteiger partial charge in [-0.2, -0.15) is 5.26 Å². The lowest BCUT2D eigenvalue weighted by Crippen LogP contribution is -2.42. The lowest BCUT2D eigenvalue weighted by Gasteiger charge is -2.27. The van der Waals surface area contributed by atoms with Crippen molar-refractivity contribution < 1.29 is 14.7 Å². The van der Waals surface area contributed by atoms with E-state index in [1.807, 2.05) is 25.1 Å². The molecule has 2 amide bonds. The second-order valence-electron chi connectivity index (χ2n) is 4.74. The van der Waals surface area contributed by atoms with E-state index < -0.39 is 5.97 Å². The maximum absolute atomic E-state index is 12.4. The van der Waals surface area contributed by atoms with Crippen LogP contribution in [0.3, 0.4) is 0 Å². The zero-order valence-electron chi connectivity index (χ0n) is 12.2. The predicted octanol–water partition coefficient (Wildman–Crippen LogP) is 2.24. The summed E-state index contributed by atoms with van der Waals surface area (Å²) < 4.78 is 0. The second kappa shape index (κ2) is 7.90. The van der Waals surface area contributed by atoms with E-state index in [9.17, 15) is 9.59 Å². The van der Waals surface area contributed by atoms with E-state index in [-0.39, 0.29) is 25.4 Å². The van der Waals surface area contributed by atoms with Gasteiger partial charge in [0.2, 0.25) is 0 Å². The Morgan fingerprint density at radius 3 is 2.38 bits per heavy atom. The minimum absolute atomic E-state index is 0.0914. The smallest absolute Gasteiger partial charge is 0.324 e. The van der Waals surface area contributed by atoms with Crippen LogP contribution in [0.2, 0.25) is 0 Å². The maximum atomic E-state index is 12.4. The van der Waals surface area contributed by atoms with E-state index in [4.69, 9.17) is 10.4 Å². The standard InChI is InChI=1S/C15H19N3O3/c1-12-4-6-13(7-5-12)18(11-8-14(19)20)15(21)17(2)10-3-9-16/h4-7H,3,8,10-11H2,1-2H3,(H,19,20). The molecule has 1 N–H and O–H groups in total. The fraction of sp³-hybridized carbons (Fsp3) is 0.400. The third-order valence-corrected chi connectivity index (χ3v) is 3.01. The quantitative estimate of drug-likeness (QED) is 0.870. The number of urea groups is 1. The molecule has 6 nitrogen and oxygen atoms in total. The van der Waals surface area contributed by atoms with Crippen molar-refractivity contribution in [2.45, 2.75) is 19.8 Å². The summed E-state index contributed by atoms with van der Waals surface area (Å²) in [7, 11) is 1.60. The number of rotatable bonds is 6. The van der Waals surface area contributed by atoms with Crippen molar-refractivity contribution >= 4 is 17.7 Å². The van der Waals surface area contributed by atoms with Crippen LogP contribution in [0.1, 0.15) is 18.4 Å². The van der Waals surface area contributed by atoms with Gasteiger partial charge in [0.1, 0.15) is 0 Å². The van der Waals surface area contributed by atoms with Crippen molar-refractivity contribution in [2.24, 2.45) is 0 Å². The maximum Gasteiger partial charge on any atom is 0.324 e. The van der Waals surface area contributed by atoms with Gasteiger partial charge in [0.15, 0.2) is 0 Å². The number of aryl methyl sites for hydroxylation is 1. The van der Waals surface area contributed by atoms with E-state index in [2.05, 4.69) is 0 Å². The molecule has 0 fully saturated rings. The number of carbonyl (C=O) groups is 2. The molecule has 1 aromatic carbocycles. The Labute approximate surface area is 124 Å². The number of anilines is 1. The number of carbonyl (C=O) groups excluding carboxylic acids is 1. The minimum Gasteiger partial charge on any atom is -0.481 e. The molecular weight excluding hydrogens is 270 g/mol. The third kappa shape index (κ3) is 5.15. The first-order valence-corrected chi connectivity index (χ1v) is 6.63. The first-order chi connectivity index (χ1) is 9.95. The van der Waals surface area contributed by atoms with Crippen LogP contribution < -0.4 is 4.90 Å². The molecular formula is C15H19N3O3. The average molecular weight is 289 g/mol. The van der Waals surface area contributed by atoms with Crippen molar-refractivity contribution in [1.29, 1.82) is 5.26 Å². The van der Waals surface area contributed by atoms with E-state index in [0.29, 0.717) is 12.2 Å². The SMILES string of the molecule is Cc1ccc(N(CCC(=O)O)C(=O)N(C)CCC#N)cc1. The van der Waals surface area contributed by atoms with Crippen molar-refractivity contribution in [3.63, 3.8) is 0 Å². The van der Waals surface area contributed by atoms with Crippen LogP contribution >= 0.6 is 0 Å². The van der Waals surface area contributed by atoms with Gasteiger partial charge in [-0.05, 0) is 19.1 Å². The summed E-state index contributed by atoms with van der Waals surface area (Å²) in [6.45, 7) is 2.34. The molecule has 0 aromatic heterocycles. The van der Waals surface area contributed by atoms with Gasteiger partial charge in [0, 0.05) is 25.8 Å². The number of carboxylic acid groups (broad SMARTS) is 1. The van der Waals surface area contributed by atoms with Crippen LogP contribution in [0.15, 0.2) is 24.3 Å². The number of hydrogen-bond acceptors (Lipinski definition) is 3. The van der Waals surface area contributed by atoms with Gasteiger partial charge in [-0.1, -0.05) is 17.7 Å². The molecule has 1 rings (SSSR count). The molecule has 0 atom stereocenters. The zero-order valence-corrected chi connectivity index (χ0v) is 12.2. The topological polar surface area (TPSA) is 84.6 Å². The Morgan fingerprint density at radius 1 is 1.24 bits per heavy atom. The van der Waals surface area contributed by atoms with Crippen LogP contribution in [-0.2, 0) is 4.79 Å². The van der Waals surface area contributed by atoms with Crippen molar-refractivity contribution in [2.75, 3.05) is 25.0 Å². The molecule has 0 aliphatic rings. The van der Waals surface area contributed by atoms with Crippen molar-refractivity contribution in [3.05, 3.63) is 29.8 Å². The Hall–Kier alpha value is -2.55. The molecule has 0 saturated carbocycles. The van der Waals surface area contributed by atoms with Gasteiger partial charge in [0.25, 0.3) is 0 Å². The monoisotopic (exact) mass is 289 g/mol. The van der Waals surface area contributed by atoms with Gasteiger partial charge in [0.05, 0.1) is 18.9 Å². The molecule has 0 saturated heterocycles. The molecule has 112 valence electrons. The lowest BCUT2D eigenvalue weighted by molar-refractivity contribution is -0.136. The first kappa shape index (κ1) is 16.5. The van der Waals surface area contributed by atoms with E-state index in [0.717, 1.165) is 5.56 Å². The molecule has 0 spiro atoms. The van der Waals surface area contributed by atoms with Gasteiger partial charge < -0.3 is 10.0 Å². The molecule has 0 heterocycles. The molecule has 0 aliphatic carbocycles. The van der Waals surface area contributed by atoms with Crippen LogP contribution in [0.25, 0.3) is 0 Å².